The number of hydrogen-bond acceptors (Lipinski definition) is 5. The molecule has 0 saturated carbocycles. The Kier molecular flexibility index (Phi) is 3.44. The second kappa shape index (κ2) is 4.87. The van der Waals surface area contributed by atoms with Crippen LogP contribution in [-0.4, -0.2) is 33.6 Å². The molecule has 1 amide bonds. The van der Waals surface area contributed by atoms with Crippen LogP contribution >= 0.6 is 11.3 Å². The van der Waals surface area contributed by atoms with Gasteiger partial charge in [-0.05, 0) is 19.4 Å². The molecule has 96 valence electrons. The van der Waals surface area contributed by atoms with Crippen molar-refractivity contribution in [1.82, 2.24) is 15.3 Å². The van der Waals surface area contributed by atoms with E-state index in [0.717, 1.165) is 0 Å². The molecule has 0 spiro atoms. The summed E-state index contributed by atoms with van der Waals surface area (Å²) in [6.07, 6.45) is 1.32. The molecule has 0 aliphatic rings. The van der Waals surface area contributed by atoms with E-state index in [1.54, 1.807) is 13.8 Å². The number of fused-ring (bicyclic) bond motifs is 1. The number of H-pyrrole nitrogens is 1. The highest BCUT2D eigenvalue weighted by molar-refractivity contribution is 7.20. The summed E-state index contributed by atoms with van der Waals surface area (Å²) in [6, 6.07) is -0.326. The summed E-state index contributed by atoms with van der Waals surface area (Å²) in [6.45, 7) is 3.29. The predicted molar refractivity (Wildman–Crippen MR) is 69.0 cm³/mol. The van der Waals surface area contributed by atoms with Gasteiger partial charge in [-0.2, -0.15) is 0 Å². The van der Waals surface area contributed by atoms with Gasteiger partial charge in [-0.15, -0.1) is 11.3 Å². The molecule has 0 fully saturated rings. The van der Waals surface area contributed by atoms with Crippen LogP contribution in [0.4, 0.5) is 0 Å². The van der Waals surface area contributed by atoms with Gasteiger partial charge in [0.05, 0.1) is 23.2 Å². The molecule has 2 aromatic heterocycles. The topological polar surface area (TPSA) is 95.1 Å². The summed E-state index contributed by atoms with van der Waals surface area (Å²) in [7, 11) is 0. The largest absolute Gasteiger partial charge is 0.394 e. The van der Waals surface area contributed by atoms with Crippen molar-refractivity contribution < 1.29 is 9.90 Å². The molecule has 7 heteroatoms. The fourth-order valence-corrected chi connectivity index (χ4v) is 2.68. The lowest BCUT2D eigenvalue weighted by Crippen LogP contribution is -2.34. The summed E-state index contributed by atoms with van der Waals surface area (Å²) in [5, 5.41) is 12.0. The number of aromatic nitrogens is 2. The third-order valence-corrected chi connectivity index (χ3v) is 3.79. The minimum Gasteiger partial charge on any atom is -0.394 e. The second-order valence-electron chi connectivity index (χ2n) is 4.03. The monoisotopic (exact) mass is 267 g/mol. The quantitative estimate of drug-likeness (QED) is 0.750. The number of nitrogens with one attached hydrogen (secondary N) is 2. The Hall–Kier alpha value is -1.73. The molecule has 18 heavy (non-hydrogen) atoms. The van der Waals surface area contributed by atoms with E-state index in [9.17, 15) is 9.59 Å². The molecule has 2 rings (SSSR count). The Morgan fingerprint density at radius 3 is 3.00 bits per heavy atom. The number of carbonyl (C=O) groups excluding carboxylic acids is 1. The van der Waals surface area contributed by atoms with Crippen LogP contribution < -0.4 is 10.9 Å². The minimum absolute atomic E-state index is 0.130. The van der Waals surface area contributed by atoms with Gasteiger partial charge in [0.2, 0.25) is 0 Å². The van der Waals surface area contributed by atoms with Crippen molar-refractivity contribution >= 4 is 27.5 Å². The van der Waals surface area contributed by atoms with E-state index >= 15 is 0 Å². The summed E-state index contributed by atoms with van der Waals surface area (Å²) >= 11 is 1.17. The van der Waals surface area contributed by atoms with Crippen molar-refractivity contribution in [2.75, 3.05) is 6.61 Å². The summed E-state index contributed by atoms with van der Waals surface area (Å²) < 4.78 is 0. The van der Waals surface area contributed by atoms with Gasteiger partial charge in [-0.3, -0.25) is 9.59 Å². The average molecular weight is 267 g/mol. The van der Waals surface area contributed by atoms with Crippen molar-refractivity contribution in [1.29, 1.82) is 0 Å². The summed E-state index contributed by atoms with van der Waals surface area (Å²) in [5.41, 5.74) is 0.370. The summed E-state index contributed by atoms with van der Waals surface area (Å²) in [4.78, 5) is 31.1. The van der Waals surface area contributed by atoms with Crippen LogP contribution in [0.25, 0.3) is 10.2 Å². The molecule has 0 bridgehead atoms. The van der Waals surface area contributed by atoms with Crippen LogP contribution in [0.3, 0.4) is 0 Å². The van der Waals surface area contributed by atoms with E-state index < -0.39 is 0 Å². The zero-order chi connectivity index (χ0) is 13.3. The fourth-order valence-electron chi connectivity index (χ4n) is 1.63. The third-order valence-electron chi connectivity index (χ3n) is 2.59. The van der Waals surface area contributed by atoms with Gasteiger partial charge in [0.1, 0.15) is 4.83 Å². The molecular formula is C11H13N3O3S. The molecule has 0 radical (unpaired) electrons. The number of aryl methyl sites for hydroxylation is 1. The number of nitrogens with zero attached hydrogens (tertiary/aromatic N) is 1. The van der Waals surface area contributed by atoms with Gasteiger partial charge in [0, 0.05) is 6.04 Å². The highest BCUT2D eigenvalue weighted by atomic mass is 32.1. The lowest BCUT2D eigenvalue weighted by atomic mass is 10.2. The first-order chi connectivity index (χ1) is 8.54. The number of aliphatic hydroxyl groups excluding tert-OH is 1. The van der Waals surface area contributed by atoms with Crippen LogP contribution in [0.1, 0.15) is 22.2 Å². The Morgan fingerprint density at radius 2 is 2.39 bits per heavy atom. The van der Waals surface area contributed by atoms with E-state index in [4.69, 9.17) is 5.11 Å². The molecule has 2 heterocycles. The average Bonchev–Trinajstić information content (AvgIpc) is 2.68. The lowest BCUT2D eigenvalue weighted by molar-refractivity contribution is 0.0926. The zero-order valence-corrected chi connectivity index (χ0v) is 10.8. The van der Waals surface area contributed by atoms with E-state index in [0.29, 0.717) is 20.7 Å². The van der Waals surface area contributed by atoms with Crippen LogP contribution in [0, 0.1) is 6.92 Å². The van der Waals surface area contributed by atoms with Crippen molar-refractivity contribution in [2.24, 2.45) is 0 Å². The predicted octanol–water partition coefficient (Wildman–Crippen LogP) is 0.404. The van der Waals surface area contributed by atoms with E-state index in [-0.39, 0.29) is 24.1 Å². The molecule has 6 nitrogen and oxygen atoms in total. The SMILES string of the molecule is Cc1c(C(=O)NC(C)CO)sc2nc[nH]c(=O)c12. The van der Waals surface area contributed by atoms with Gasteiger partial charge in [0.15, 0.2) is 0 Å². The van der Waals surface area contributed by atoms with E-state index in [1.807, 2.05) is 0 Å². The molecule has 2 aromatic rings. The van der Waals surface area contributed by atoms with Gasteiger partial charge >= 0.3 is 0 Å². The molecule has 0 saturated heterocycles. The first-order valence-electron chi connectivity index (χ1n) is 5.43. The van der Waals surface area contributed by atoms with E-state index in [1.165, 1.54) is 17.7 Å². The molecule has 1 atom stereocenters. The van der Waals surface area contributed by atoms with Gasteiger partial charge in [-0.1, -0.05) is 0 Å². The van der Waals surface area contributed by atoms with Crippen LogP contribution in [0.2, 0.25) is 0 Å². The number of carbonyl (C=O) groups is 1. The molecular weight excluding hydrogens is 254 g/mol. The van der Waals surface area contributed by atoms with E-state index in [2.05, 4.69) is 15.3 Å². The molecule has 0 aliphatic heterocycles. The normalized spacial score (nSPS) is 12.6. The number of amides is 1. The Morgan fingerprint density at radius 1 is 1.67 bits per heavy atom. The lowest BCUT2D eigenvalue weighted by Gasteiger charge is -2.09. The Labute approximate surface area is 107 Å². The Balaban J connectivity index is 2.47. The molecule has 3 N–H and O–H groups in total. The third kappa shape index (κ3) is 2.14. The molecule has 0 aromatic carbocycles. The fraction of sp³-hybridized carbons (Fsp3) is 0.364. The second-order valence-corrected chi connectivity index (χ2v) is 5.02. The first-order valence-corrected chi connectivity index (χ1v) is 6.24. The maximum atomic E-state index is 12.0. The summed E-state index contributed by atoms with van der Waals surface area (Å²) in [5.74, 6) is -0.295. The molecule has 0 aliphatic carbocycles. The standard InChI is InChI=1S/C11H13N3O3S/c1-5(3-15)14-10(17)8-6(2)7-9(16)12-4-13-11(7)18-8/h4-5,15H,3H2,1-2H3,(H,14,17)(H,12,13,16). The minimum atomic E-state index is -0.326. The van der Waals surface area contributed by atoms with Crippen molar-refractivity contribution in [3.05, 3.63) is 27.1 Å². The van der Waals surface area contributed by atoms with Crippen molar-refractivity contribution in [2.45, 2.75) is 19.9 Å². The number of thiophene rings is 1. The van der Waals surface area contributed by atoms with Gasteiger partial charge < -0.3 is 15.4 Å². The number of aliphatic hydroxyl groups is 1. The smallest absolute Gasteiger partial charge is 0.262 e. The Bertz CT molecular complexity index is 647. The first kappa shape index (κ1) is 12.7. The van der Waals surface area contributed by atoms with Crippen molar-refractivity contribution in [3.63, 3.8) is 0 Å². The van der Waals surface area contributed by atoms with Crippen LogP contribution in [0.15, 0.2) is 11.1 Å². The van der Waals surface area contributed by atoms with Gasteiger partial charge in [-0.25, -0.2) is 4.98 Å². The zero-order valence-electron chi connectivity index (χ0n) is 9.98. The maximum Gasteiger partial charge on any atom is 0.262 e. The maximum absolute atomic E-state index is 12.0. The molecule has 1 unspecified atom stereocenters. The number of aromatic amines is 1. The van der Waals surface area contributed by atoms with Crippen LogP contribution in [-0.2, 0) is 0 Å². The number of hydrogen-bond donors (Lipinski definition) is 3. The van der Waals surface area contributed by atoms with Crippen LogP contribution in [0.5, 0.6) is 0 Å². The highest BCUT2D eigenvalue weighted by Gasteiger charge is 2.19. The van der Waals surface area contributed by atoms with Crippen molar-refractivity contribution in [3.8, 4) is 0 Å². The highest BCUT2D eigenvalue weighted by Crippen LogP contribution is 2.26. The number of rotatable bonds is 3. The van der Waals surface area contributed by atoms with Gasteiger partial charge in [0.25, 0.3) is 11.5 Å².